The molecule has 0 spiro atoms. The number of halogens is 1. The summed E-state index contributed by atoms with van der Waals surface area (Å²) in [5, 5.41) is 4.27. The third-order valence-electron chi connectivity index (χ3n) is 4.01. The van der Waals surface area contributed by atoms with E-state index in [1.54, 1.807) is 4.68 Å². The Morgan fingerprint density at radius 3 is 2.72 bits per heavy atom. The molecule has 18 heavy (non-hydrogen) atoms. The molecular weight excluding hydrogens is 339 g/mol. The zero-order valence-electron chi connectivity index (χ0n) is 11.2. The molecule has 0 aliphatic heterocycles. The van der Waals surface area contributed by atoms with Crippen molar-refractivity contribution in [3.05, 3.63) is 15.5 Å². The predicted octanol–water partition coefficient (Wildman–Crippen LogP) is 3.81. The molecule has 1 aromatic heterocycles. The quantitative estimate of drug-likeness (QED) is 0.605. The summed E-state index contributed by atoms with van der Waals surface area (Å²) in [6.07, 6.45) is 9.20. The Bertz CT molecular complexity index is 421. The second-order valence-corrected chi connectivity index (χ2v) is 6.66. The number of Topliss-reactive ketones (excluding diaryl/α,β-unsaturated/α-hetero) is 1. The maximum absolute atomic E-state index is 12.3. The predicted molar refractivity (Wildman–Crippen MR) is 80.6 cm³/mol. The van der Waals surface area contributed by atoms with Crippen molar-refractivity contribution >= 4 is 28.4 Å². The van der Waals surface area contributed by atoms with Crippen LogP contribution in [0.2, 0.25) is 0 Å². The van der Waals surface area contributed by atoms with Gasteiger partial charge < -0.3 is 0 Å². The van der Waals surface area contributed by atoms with Gasteiger partial charge in [-0.1, -0.05) is 39.0 Å². The number of ketones is 1. The van der Waals surface area contributed by atoms with Crippen molar-refractivity contribution in [2.75, 3.05) is 0 Å². The number of hydrogen-bond donors (Lipinski definition) is 0. The lowest BCUT2D eigenvalue weighted by atomic mass is 9.79. The molecule has 1 aliphatic carbocycles. The summed E-state index contributed by atoms with van der Waals surface area (Å²) < 4.78 is 2.69. The first-order chi connectivity index (χ1) is 8.58. The Morgan fingerprint density at radius 1 is 1.50 bits per heavy atom. The van der Waals surface area contributed by atoms with E-state index in [1.807, 2.05) is 13.2 Å². The molecule has 3 nitrogen and oxygen atoms in total. The van der Waals surface area contributed by atoms with Gasteiger partial charge in [0.05, 0.1) is 3.57 Å². The van der Waals surface area contributed by atoms with Crippen molar-refractivity contribution in [3.8, 4) is 0 Å². The van der Waals surface area contributed by atoms with E-state index < -0.39 is 0 Å². The Morgan fingerprint density at radius 2 is 2.17 bits per heavy atom. The second kappa shape index (κ2) is 6.17. The number of aryl methyl sites for hydroxylation is 1. The standard InChI is InChI=1S/C14H21IN2O/c1-10(11-6-4-3-5-7-11)8-13(18)14-12(15)9-17(2)16-14/h9-11H,3-8H2,1-2H3. The van der Waals surface area contributed by atoms with Gasteiger partial charge in [0.15, 0.2) is 5.78 Å². The van der Waals surface area contributed by atoms with Crippen LogP contribution in [0.3, 0.4) is 0 Å². The number of carbonyl (C=O) groups is 1. The molecule has 0 bridgehead atoms. The first-order valence-corrected chi connectivity index (χ1v) is 7.88. The van der Waals surface area contributed by atoms with Crippen LogP contribution in [0.25, 0.3) is 0 Å². The van der Waals surface area contributed by atoms with Crippen molar-refractivity contribution in [3.63, 3.8) is 0 Å². The van der Waals surface area contributed by atoms with E-state index in [-0.39, 0.29) is 5.78 Å². The summed E-state index contributed by atoms with van der Waals surface area (Å²) in [7, 11) is 1.86. The van der Waals surface area contributed by atoms with Gasteiger partial charge in [0.1, 0.15) is 5.69 Å². The molecule has 0 saturated heterocycles. The lowest BCUT2D eigenvalue weighted by Gasteiger charge is -2.27. The number of hydrogen-bond acceptors (Lipinski definition) is 2. The van der Waals surface area contributed by atoms with E-state index >= 15 is 0 Å². The van der Waals surface area contributed by atoms with Crippen LogP contribution in [0.4, 0.5) is 0 Å². The minimum Gasteiger partial charge on any atom is -0.292 e. The van der Waals surface area contributed by atoms with Crippen LogP contribution in [0, 0.1) is 15.4 Å². The monoisotopic (exact) mass is 360 g/mol. The summed E-state index contributed by atoms with van der Waals surface area (Å²) in [6, 6.07) is 0. The van der Waals surface area contributed by atoms with E-state index in [2.05, 4.69) is 34.6 Å². The molecule has 0 N–H and O–H groups in total. The van der Waals surface area contributed by atoms with E-state index in [0.717, 1.165) is 9.49 Å². The highest BCUT2D eigenvalue weighted by Crippen LogP contribution is 2.32. The molecule has 2 rings (SSSR count). The van der Waals surface area contributed by atoms with Crippen molar-refractivity contribution in [1.29, 1.82) is 0 Å². The van der Waals surface area contributed by atoms with Crippen molar-refractivity contribution in [2.24, 2.45) is 18.9 Å². The van der Waals surface area contributed by atoms with Gasteiger partial charge in [-0.25, -0.2) is 0 Å². The van der Waals surface area contributed by atoms with Crippen molar-refractivity contribution in [2.45, 2.75) is 45.4 Å². The Balaban J connectivity index is 1.96. The fraction of sp³-hybridized carbons (Fsp3) is 0.714. The molecule has 0 radical (unpaired) electrons. The van der Waals surface area contributed by atoms with Crippen LogP contribution >= 0.6 is 22.6 Å². The fourth-order valence-corrected chi connectivity index (χ4v) is 3.72. The van der Waals surface area contributed by atoms with Crippen LogP contribution in [-0.2, 0) is 7.05 Å². The van der Waals surface area contributed by atoms with Gasteiger partial charge in [0, 0.05) is 19.7 Å². The minimum absolute atomic E-state index is 0.207. The summed E-state index contributed by atoms with van der Waals surface area (Å²) in [4.78, 5) is 12.3. The largest absolute Gasteiger partial charge is 0.292 e. The van der Waals surface area contributed by atoms with Crippen molar-refractivity contribution in [1.82, 2.24) is 9.78 Å². The lowest BCUT2D eigenvalue weighted by molar-refractivity contribution is 0.0933. The average molecular weight is 360 g/mol. The molecule has 1 fully saturated rings. The Hall–Kier alpha value is -0.390. The van der Waals surface area contributed by atoms with Gasteiger partial charge in [-0.15, -0.1) is 0 Å². The molecule has 100 valence electrons. The molecule has 4 heteroatoms. The van der Waals surface area contributed by atoms with E-state index in [4.69, 9.17) is 0 Å². The first-order valence-electron chi connectivity index (χ1n) is 6.80. The van der Waals surface area contributed by atoms with E-state index in [0.29, 0.717) is 18.0 Å². The van der Waals surface area contributed by atoms with E-state index in [9.17, 15) is 4.79 Å². The Kier molecular flexibility index (Phi) is 4.81. The minimum atomic E-state index is 0.207. The SMILES string of the molecule is CC(CC(=O)c1nn(C)cc1I)C1CCCCC1. The van der Waals surface area contributed by atoms with Crippen LogP contribution in [0.1, 0.15) is 55.9 Å². The van der Waals surface area contributed by atoms with E-state index in [1.165, 1.54) is 32.1 Å². The average Bonchev–Trinajstić information content (AvgIpc) is 2.69. The zero-order valence-corrected chi connectivity index (χ0v) is 13.3. The van der Waals surface area contributed by atoms with Gasteiger partial charge in [-0.05, 0) is 34.4 Å². The topological polar surface area (TPSA) is 34.9 Å². The van der Waals surface area contributed by atoms with Gasteiger partial charge >= 0.3 is 0 Å². The molecule has 1 aliphatic rings. The van der Waals surface area contributed by atoms with Gasteiger partial charge in [-0.2, -0.15) is 5.10 Å². The second-order valence-electron chi connectivity index (χ2n) is 5.50. The third kappa shape index (κ3) is 3.33. The highest BCUT2D eigenvalue weighted by molar-refractivity contribution is 14.1. The number of aromatic nitrogens is 2. The normalized spacial score (nSPS) is 18.8. The van der Waals surface area contributed by atoms with Crippen LogP contribution in [0.5, 0.6) is 0 Å². The number of nitrogens with zero attached hydrogens (tertiary/aromatic N) is 2. The smallest absolute Gasteiger partial charge is 0.184 e. The first kappa shape index (κ1) is 14.0. The third-order valence-corrected chi connectivity index (χ3v) is 4.80. The molecule has 1 saturated carbocycles. The molecular formula is C14H21IN2O. The summed E-state index contributed by atoms with van der Waals surface area (Å²) in [5.41, 5.74) is 0.653. The van der Waals surface area contributed by atoms with Gasteiger partial charge in [0.2, 0.25) is 0 Å². The molecule has 1 unspecified atom stereocenters. The molecule has 1 aromatic rings. The molecule has 0 amide bonds. The van der Waals surface area contributed by atoms with Gasteiger partial charge in [-0.3, -0.25) is 9.48 Å². The van der Waals surface area contributed by atoms with Crippen LogP contribution in [0.15, 0.2) is 6.20 Å². The maximum atomic E-state index is 12.3. The summed E-state index contributed by atoms with van der Waals surface area (Å²) in [6.45, 7) is 2.23. The summed E-state index contributed by atoms with van der Waals surface area (Å²) >= 11 is 2.19. The van der Waals surface area contributed by atoms with Crippen LogP contribution in [-0.4, -0.2) is 15.6 Å². The lowest BCUT2D eigenvalue weighted by Crippen LogP contribution is -2.19. The van der Waals surface area contributed by atoms with Gasteiger partial charge in [0.25, 0.3) is 0 Å². The fourth-order valence-electron chi connectivity index (χ4n) is 2.91. The highest BCUT2D eigenvalue weighted by Gasteiger charge is 2.24. The Labute approximate surface area is 122 Å². The molecule has 0 aromatic carbocycles. The van der Waals surface area contributed by atoms with Crippen molar-refractivity contribution < 1.29 is 4.79 Å². The highest BCUT2D eigenvalue weighted by atomic mass is 127. The zero-order chi connectivity index (χ0) is 13.1. The van der Waals surface area contributed by atoms with Crippen LogP contribution < -0.4 is 0 Å². The maximum Gasteiger partial charge on any atom is 0.184 e. The summed E-state index contributed by atoms with van der Waals surface area (Å²) in [5.74, 6) is 1.44. The number of rotatable bonds is 4. The number of carbonyl (C=O) groups excluding carboxylic acids is 1. The molecule has 1 heterocycles. The molecule has 1 atom stereocenters.